The number of methoxy groups -OCH3 is 1. The number of hydrogen-bond donors (Lipinski definition) is 0. The Morgan fingerprint density at radius 2 is 1.65 bits per heavy atom. The third kappa shape index (κ3) is 2.61. The molecule has 0 radical (unpaired) electrons. The van der Waals surface area contributed by atoms with Gasteiger partial charge in [-0.25, -0.2) is 9.97 Å². The highest BCUT2D eigenvalue weighted by Gasteiger charge is 2.18. The molecular formula is C15H16N4O2S2. The minimum Gasteiger partial charge on any atom is -0.497 e. The van der Waals surface area contributed by atoms with Gasteiger partial charge in [0.15, 0.2) is 21.5 Å². The first kappa shape index (κ1) is 15.9. The highest BCUT2D eigenvalue weighted by atomic mass is 32.2. The number of fused-ring (bicyclic) bond motifs is 1. The van der Waals surface area contributed by atoms with E-state index in [9.17, 15) is 4.79 Å². The quantitative estimate of drug-likeness (QED) is 0.533. The summed E-state index contributed by atoms with van der Waals surface area (Å²) in [5, 5.41) is 1.38. The Balaban J connectivity index is 2.32. The second-order valence-corrected chi connectivity index (χ2v) is 6.31. The maximum atomic E-state index is 13.0. The van der Waals surface area contributed by atoms with E-state index in [1.807, 2.05) is 43.8 Å². The highest BCUT2D eigenvalue weighted by molar-refractivity contribution is 7.98. The van der Waals surface area contributed by atoms with Gasteiger partial charge in [-0.15, -0.1) is 0 Å². The molecule has 0 bridgehead atoms. The van der Waals surface area contributed by atoms with Crippen molar-refractivity contribution in [2.75, 3.05) is 19.6 Å². The molecule has 0 spiro atoms. The summed E-state index contributed by atoms with van der Waals surface area (Å²) in [6.07, 6.45) is 3.82. The highest BCUT2D eigenvalue weighted by Crippen LogP contribution is 2.23. The summed E-state index contributed by atoms with van der Waals surface area (Å²) in [4.78, 5) is 22.0. The van der Waals surface area contributed by atoms with Crippen molar-refractivity contribution in [1.82, 2.24) is 19.1 Å². The summed E-state index contributed by atoms with van der Waals surface area (Å²) in [6.45, 7) is 0. The van der Waals surface area contributed by atoms with Crippen molar-refractivity contribution in [2.45, 2.75) is 10.3 Å². The SMILES string of the molecule is COc1ccc(-n2c(SC)nc3nc(SC)n(C)c3c2=O)cc1. The zero-order valence-corrected chi connectivity index (χ0v) is 14.9. The maximum absolute atomic E-state index is 13.0. The summed E-state index contributed by atoms with van der Waals surface area (Å²) in [5.74, 6) is 0.742. The average Bonchev–Trinajstić information content (AvgIpc) is 2.91. The number of thioether (sulfide) groups is 2. The molecule has 23 heavy (non-hydrogen) atoms. The van der Waals surface area contributed by atoms with Gasteiger partial charge in [0.05, 0.1) is 12.8 Å². The van der Waals surface area contributed by atoms with Gasteiger partial charge in [0.25, 0.3) is 5.56 Å². The maximum Gasteiger partial charge on any atom is 0.285 e. The van der Waals surface area contributed by atoms with Crippen LogP contribution in [0.2, 0.25) is 0 Å². The largest absolute Gasteiger partial charge is 0.497 e. The van der Waals surface area contributed by atoms with Gasteiger partial charge in [0.2, 0.25) is 0 Å². The summed E-state index contributed by atoms with van der Waals surface area (Å²) in [6, 6.07) is 7.35. The van der Waals surface area contributed by atoms with E-state index in [0.29, 0.717) is 16.3 Å². The van der Waals surface area contributed by atoms with Crippen LogP contribution in [0.3, 0.4) is 0 Å². The molecule has 6 nitrogen and oxygen atoms in total. The predicted molar refractivity (Wildman–Crippen MR) is 94.2 cm³/mol. The van der Waals surface area contributed by atoms with E-state index in [2.05, 4.69) is 9.97 Å². The van der Waals surface area contributed by atoms with E-state index in [4.69, 9.17) is 4.74 Å². The monoisotopic (exact) mass is 348 g/mol. The van der Waals surface area contributed by atoms with Gasteiger partial charge in [-0.05, 0) is 36.8 Å². The van der Waals surface area contributed by atoms with Gasteiger partial charge in [-0.3, -0.25) is 9.36 Å². The lowest BCUT2D eigenvalue weighted by molar-refractivity contribution is 0.414. The average molecular weight is 348 g/mol. The third-order valence-electron chi connectivity index (χ3n) is 3.53. The van der Waals surface area contributed by atoms with E-state index >= 15 is 0 Å². The molecule has 120 valence electrons. The molecule has 0 amide bonds. The molecule has 2 heterocycles. The van der Waals surface area contributed by atoms with Crippen LogP contribution in [0.15, 0.2) is 39.4 Å². The van der Waals surface area contributed by atoms with Crippen LogP contribution in [0.25, 0.3) is 16.9 Å². The predicted octanol–water partition coefficient (Wildman–Crippen LogP) is 2.57. The summed E-state index contributed by atoms with van der Waals surface area (Å²) >= 11 is 2.91. The molecule has 0 fully saturated rings. The van der Waals surface area contributed by atoms with Gasteiger partial charge in [0.1, 0.15) is 5.75 Å². The lowest BCUT2D eigenvalue weighted by Gasteiger charge is -2.11. The smallest absolute Gasteiger partial charge is 0.285 e. The second-order valence-electron chi connectivity index (χ2n) is 4.77. The second kappa shape index (κ2) is 6.29. The molecule has 2 aromatic heterocycles. The van der Waals surface area contributed by atoms with Gasteiger partial charge in [-0.2, -0.15) is 0 Å². The lowest BCUT2D eigenvalue weighted by atomic mass is 10.3. The number of aryl methyl sites for hydroxylation is 1. The Morgan fingerprint density at radius 3 is 2.22 bits per heavy atom. The van der Waals surface area contributed by atoms with Gasteiger partial charge in [0, 0.05) is 7.05 Å². The molecule has 3 aromatic rings. The number of imidazole rings is 1. The Kier molecular flexibility index (Phi) is 4.36. The van der Waals surface area contributed by atoms with Crippen molar-refractivity contribution in [1.29, 1.82) is 0 Å². The van der Waals surface area contributed by atoms with Crippen molar-refractivity contribution in [2.24, 2.45) is 7.05 Å². The fraction of sp³-hybridized carbons (Fsp3) is 0.267. The van der Waals surface area contributed by atoms with E-state index in [1.165, 1.54) is 23.5 Å². The summed E-state index contributed by atoms with van der Waals surface area (Å²) < 4.78 is 8.57. The standard InChI is InChI=1S/C15H16N4O2S2/c1-18-11-12(16-14(18)22-3)17-15(23-4)19(13(11)20)9-5-7-10(21-2)8-6-9/h5-8H,1-4H3. The van der Waals surface area contributed by atoms with Crippen LogP contribution in [0.5, 0.6) is 5.75 Å². The number of hydrogen-bond acceptors (Lipinski definition) is 6. The molecule has 1 aromatic carbocycles. The van der Waals surface area contributed by atoms with E-state index < -0.39 is 0 Å². The van der Waals surface area contributed by atoms with Crippen molar-refractivity contribution >= 4 is 34.7 Å². The zero-order chi connectivity index (χ0) is 16.6. The number of ether oxygens (including phenoxy) is 1. The molecule has 3 rings (SSSR count). The molecular weight excluding hydrogens is 332 g/mol. The van der Waals surface area contributed by atoms with Crippen LogP contribution in [-0.4, -0.2) is 38.7 Å². The zero-order valence-electron chi connectivity index (χ0n) is 13.2. The fourth-order valence-corrected chi connectivity index (χ4v) is 3.48. The van der Waals surface area contributed by atoms with Crippen LogP contribution in [-0.2, 0) is 7.05 Å². The minimum atomic E-state index is -0.125. The van der Waals surface area contributed by atoms with Gasteiger partial charge >= 0.3 is 0 Å². The number of benzene rings is 1. The molecule has 0 N–H and O–H groups in total. The molecule has 0 aliphatic carbocycles. The first-order valence-corrected chi connectivity index (χ1v) is 9.27. The lowest BCUT2D eigenvalue weighted by Crippen LogP contribution is -2.23. The molecule has 0 unspecified atom stereocenters. The van der Waals surface area contributed by atoms with Crippen molar-refractivity contribution in [3.05, 3.63) is 34.6 Å². The van der Waals surface area contributed by atoms with Crippen LogP contribution >= 0.6 is 23.5 Å². The van der Waals surface area contributed by atoms with Crippen molar-refractivity contribution < 1.29 is 4.74 Å². The molecule has 0 saturated carbocycles. The first-order valence-electron chi connectivity index (χ1n) is 6.82. The Morgan fingerprint density at radius 1 is 1.04 bits per heavy atom. The topological polar surface area (TPSA) is 61.9 Å². The Bertz CT molecular complexity index is 916. The van der Waals surface area contributed by atoms with Crippen molar-refractivity contribution in [3.8, 4) is 11.4 Å². The summed E-state index contributed by atoms with van der Waals surface area (Å²) in [5.41, 5.74) is 1.61. The number of rotatable bonds is 4. The van der Waals surface area contributed by atoms with Crippen molar-refractivity contribution in [3.63, 3.8) is 0 Å². The van der Waals surface area contributed by atoms with Gasteiger partial charge < -0.3 is 9.30 Å². The first-order chi connectivity index (χ1) is 11.1. The van der Waals surface area contributed by atoms with Crippen LogP contribution in [0.1, 0.15) is 0 Å². The number of nitrogens with zero attached hydrogens (tertiary/aromatic N) is 4. The fourth-order valence-electron chi connectivity index (χ4n) is 2.39. The number of aromatic nitrogens is 4. The van der Waals surface area contributed by atoms with E-state index in [1.54, 1.807) is 16.2 Å². The van der Waals surface area contributed by atoms with Gasteiger partial charge in [-0.1, -0.05) is 23.5 Å². The Hall–Kier alpha value is -1.93. The van der Waals surface area contributed by atoms with Crippen LogP contribution in [0, 0.1) is 0 Å². The molecule has 0 saturated heterocycles. The summed E-state index contributed by atoms with van der Waals surface area (Å²) in [7, 11) is 3.45. The van der Waals surface area contributed by atoms with Crippen LogP contribution in [0.4, 0.5) is 0 Å². The Labute approximate surface area is 141 Å². The molecule has 8 heteroatoms. The van der Waals surface area contributed by atoms with E-state index in [0.717, 1.165) is 16.6 Å². The molecule has 0 aliphatic rings. The minimum absolute atomic E-state index is 0.125. The normalized spacial score (nSPS) is 11.1. The molecule has 0 atom stereocenters. The van der Waals surface area contributed by atoms with Crippen LogP contribution < -0.4 is 10.3 Å². The third-order valence-corrected chi connectivity index (χ3v) is 4.90. The van der Waals surface area contributed by atoms with E-state index in [-0.39, 0.29) is 5.56 Å². The molecule has 0 aliphatic heterocycles.